The predicted molar refractivity (Wildman–Crippen MR) is 65.1 cm³/mol. The minimum absolute atomic E-state index is 0.0709. The van der Waals surface area contributed by atoms with Crippen molar-refractivity contribution in [2.45, 2.75) is 6.04 Å². The lowest BCUT2D eigenvalue weighted by molar-refractivity contribution is 0.191. The van der Waals surface area contributed by atoms with Gasteiger partial charge in [0.05, 0.1) is 32.9 Å². The summed E-state index contributed by atoms with van der Waals surface area (Å²) in [6.07, 6.45) is 0. The first-order valence-corrected chi connectivity index (χ1v) is 5.55. The zero-order valence-corrected chi connectivity index (χ0v) is 10.8. The van der Waals surface area contributed by atoms with E-state index in [1.54, 1.807) is 13.2 Å². The summed E-state index contributed by atoms with van der Waals surface area (Å²) in [5.41, 5.74) is 0. The van der Waals surface area contributed by atoms with E-state index < -0.39 is 0 Å². The van der Waals surface area contributed by atoms with E-state index in [0.29, 0.717) is 30.2 Å². The Kier molecular flexibility index (Phi) is 5.79. The smallest absolute Gasteiger partial charge is 0.229 e. The summed E-state index contributed by atoms with van der Waals surface area (Å²) in [6.45, 7) is 0.465. The van der Waals surface area contributed by atoms with E-state index in [4.69, 9.17) is 25.8 Å². The van der Waals surface area contributed by atoms with Crippen molar-refractivity contribution in [1.29, 1.82) is 0 Å². The SMILES string of the molecule is COCC(CCl)Nc1nc(OC)cc(OC)n1. The molecule has 96 valence electrons. The van der Waals surface area contributed by atoms with Gasteiger partial charge in [-0.05, 0) is 0 Å². The average Bonchev–Trinajstić information content (AvgIpc) is 2.37. The number of hydrogen-bond acceptors (Lipinski definition) is 6. The number of methoxy groups -OCH3 is 3. The molecular formula is C10H16ClN3O3. The normalized spacial score (nSPS) is 12.0. The van der Waals surface area contributed by atoms with Crippen molar-refractivity contribution in [3.63, 3.8) is 0 Å². The minimum Gasteiger partial charge on any atom is -0.481 e. The zero-order valence-electron chi connectivity index (χ0n) is 10.1. The lowest BCUT2D eigenvalue weighted by Gasteiger charge is -2.15. The molecule has 0 aromatic carbocycles. The van der Waals surface area contributed by atoms with Gasteiger partial charge in [0.25, 0.3) is 0 Å². The standard InChI is InChI=1S/C10H16ClN3O3/c1-15-6-7(5-11)12-10-13-8(16-2)4-9(14-10)17-3/h4,7H,5-6H2,1-3H3,(H,12,13,14). The molecule has 0 saturated heterocycles. The van der Waals surface area contributed by atoms with Gasteiger partial charge >= 0.3 is 0 Å². The van der Waals surface area contributed by atoms with E-state index in [1.807, 2.05) is 0 Å². The molecule has 1 N–H and O–H groups in total. The molecule has 7 heteroatoms. The van der Waals surface area contributed by atoms with Crippen LogP contribution in [0.25, 0.3) is 0 Å². The number of halogens is 1. The zero-order chi connectivity index (χ0) is 12.7. The van der Waals surface area contributed by atoms with Crippen LogP contribution in [0.2, 0.25) is 0 Å². The Morgan fingerprint density at radius 3 is 2.24 bits per heavy atom. The first kappa shape index (κ1) is 13.8. The summed E-state index contributed by atoms with van der Waals surface area (Å²) in [5, 5.41) is 3.04. The van der Waals surface area contributed by atoms with Gasteiger partial charge < -0.3 is 19.5 Å². The van der Waals surface area contributed by atoms with Crippen LogP contribution in [0.3, 0.4) is 0 Å². The second kappa shape index (κ2) is 7.13. The van der Waals surface area contributed by atoms with Gasteiger partial charge in [-0.1, -0.05) is 0 Å². The molecule has 1 heterocycles. The highest BCUT2D eigenvalue weighted by molar-refractivity contribution is 6.18. The molecule has 0 aliphatic rings. The summed E-state index contributed by atoms with van der Waals surface area (Å²) in [4.78, 5) is 8.26. The third-order valence-electron chi connectivity index (χ3n) is 1.98. The summed E-state index contributed by atoms with van der Waals surface area (Å²) >= 11 is 5.78. The summed E-state index contributed by atoms with van der Waals surface area (Å²) in [7, 11) is 4.66. The van der Waals surface area contributed by atoms with Crippen molar-refractivity contribution in [2.24, 2.45) is 0 Å². The molecule has 1 aromatic rings. The average molecular weight is 262 g/mol. The lowest BCUT2D eigenvalue weighted by Crippen LogP contribution is -2.27. The molecule has 17 heavy (non-hydrogen) atoms. The van der Waals surface area contributed by atoms with Crippen molar-refractivity contribution in [2.75, 3.05) is 39.1 Å². The molecule has 0 aliphatic carbocycles. The summed E-state index contributed by atoms with van der Waals surface area (Å²) in [5.74, 6) is 1.62. The third-order valence-corrected chi connectivity index (χ3v) is 2.36. The van der Waals surface area contributed by atoms with Crippen LogP contribution in [0.15, 0.2) is 6.07 Å². The fraction of sp³-hybridized carbons (Fsp3) is 0.600. The van der Waals surface area contributed by atoms with Gasteiger partial charge in [0.2, 0.25) is 17.7 Å². The Morgan fingerprint density at radius 1 is 1.24 bits per heavy atom. The van der Waals surface area contributed by atoms with E-state index in [-0.39, 0.29) is 6.04 Å². The van der Waals surface area contributed by atoms with Crippen molar-refractivity contribution >= 4 is 17.5 Å². The molecule has 0 radical (unpaired) electrons. The minimum atomic E-state index is -0.0709. The number of ether oxygens (including phenoxy) is 3. The van der Waals surface area contributed by atoms with Crippen LogP contribution in [0, 0.1) is 0 Å². The largest absolute Gasteiger partial charge is 0.481 e. The molecular weight excluding hydrogens is 246 g/mol. The Morgan fingerprint density at radius 2 is 1.82 bits per heavy atom. The molecule has 0 spiro atoms. The predicted octanol–water partition coefficient (Wildman–Crippen LogP) is 1.16. The van der Waals surface area contributed by atoms with Gasteiger partial charge in [-0.2, -0.15) is 9.97 Å². The first-order chi connectivity index (χ1) is 8.23. The number of rotatable bonds is 7. The lowest BCUT2D eigenvalue weighted by atomic mass is 10.4. The number of aromatic nitrogens is 2. The van der Waals surface area contributed by atoms with Gasteiger partial charge in [0, 0.05) is 13.0 Å². The van der Waals surface area contributed by atoms with Gasteiger partial charge in [-0.3, -0.25) is 0 Å². The van der Waals surface area contributed by atoms with Crippen LogP contribution in [0.5, 0.6) is 11.8 Å². The van der Waals surface area contributed by atoms with E-state index in [2.05, 4.69) is 15.3 Å². The maximum Gasteiger partial charge on any atom is 0.229 e. The van der Waals surface area contributed by atoms with Crippen LogP contribution in [0.1, 0.15) is 0 Å². The van der Waals surface area contributed by atoms with Crippen LogP contribution in [-0.2, 0) is 4.74 Å². The molecule has 0 amide bonds. The van der Waals surface area contributed by atoms with E-state index in [0.717, 1.165) is 0 Å². The van der Waals surface area contributed by atoms with E-state index in [1.165, 1.54) is 14.2 Å². The van der Waals surface area contributed by atoms with E-state index >= 15 is 0 Å². The Balaban J connectivity index is 2.81. The highest BCUT2D eigenvalue weighted by Gasteiger charge is 2.11. The quantitative estimate of drug-likeness (QED) is 0.743. The van der Waals surface area contributed by atoms with Gasteiger partial charge in [-0.25, -0.2) is 0 Å². The Hall–Kier alpha value is -1.27. The Bertz CT molecular complexity index is 329. The molecule has 1 unspecified atom stereocenters. The Labute approximate surface area is 105 Å². The van der Waals surface area contributed by atoms with Crippen molar-refractivity contribution < 1.29 is 14.2 Å². The topological polar surface area (TPSA) is 65.5 Å². The van der Waals surface area contributed by atoms with E-state index in [9.17, 15) is 0 Å². The number of nitrogens with one attached hydrogen (secondary N) is 1. The molecule has 0 aliphatic heterocycles. The van der Waals surface area contributed by atoms with Gasteiger partial charge in [0.1, 0.15) is 0 Å². The molecule has 1 aromatic heterocycles. The third kappa shape index (κ3) is 4.24. The van der Waals surface area contributed by atoms with Crippen molar-refractivity contribution in [3.05, 3.63) is 6.07 Å². The number of nitrogens with zero attached hydrogens (tertiary/aromatic N) is 2. The maximum atomic E-state index is 5.78. The highest BCUT2D eigenvalue weighted by Crippen LogP contribution is 2.17. The molecule has 1 rings (SSSR count). The van der Waals surface area contributed by atoms with Crippen LogP contribution >= 0.6 is 11.6 Å². The molecule has 6 nitrogen and oxygen atoms in total. The fourth-order valence-corrected chi connectivity index (χ4v) is 1.35. The number of hydrogen-bond donors (Lipinski definition) is 1. The van der Waals surface area contributed by atoms with Crippen LogP contribution in [-0.4, -0.2) is 49.8 Å². The second-order valence-corrected chi connectivity index (χ2v) is 3.54. The molecule has 0 bridgehead atoms. The van der Waals surface area contributed by atoms with Gasteiger partial charge in [-0.15, -0.1) is 11.6 Å². The van der Waals surface area contributed by atoms with Crippen LogP contribution in [0.4, 0.5) is 5.95 Å². The van der Waals surface area contributed by atoms with Crippen molar-refractivity contribution in [3.8, 4) is 11.8 Å². The highest BCUT2D eigenvalue weighted by atomic mass is 35.5. The maximum absolute atomic E-state index is 5.78. The monoisotopic (exact) mass is 261 g/mol. The molecule has 1 atom stereocenters. The molecule has 0 saturated carbocycles. The number of anilines is 1. The summed E-state index contributed by atoms with van der Waals surface area (Å²) in [6, 6.07) is 1.52. The summed E-state index contributed by atoms with van der Waals surface area (Å²) < 4.78 is 15.1. The fourth-order valence-electron chi connectivity index (χ4n) is 1.19. The first-order valence-electron chi connectivity index (χ1n) is 5.02. The van der Waals surface area contributed by atoms with Crippen molar-refractivity contribution in [1.82, 2.24) is 9.97 Å². The second-order valence-electron chi connectivity index (χ2n) is 3.23. The van der Waals surface area contributed by atoms with Crippen LogP contribution < -0.4 is 14.8 Å². The molecule has 0 fully saturated rings. The number of alkyl halides is 1. The van der Waals surface area contributed by atoms with Gasteiger partial charge in [0.15, 0.2) is 0 Å².